The van der Waals surface area contributed by atoms with Crippen LogP contribution in [0.4, 0.5) is 0 Å². The Morgan fingerprint density at radius 1 is 1.42 bits per heavy atom. The molecule has 1 aromatic carbocycles. The fraction of sp³-hybridized carbons (Fsp3) is 0.429. The van der Waals surface area contributed by atoms with Crippen LogP contribution in [-0.2, 0) is 21.4 Å². The summed E-state index contributed by atoms with van der Waals surface area (Å²) < 4.78 is 5.45. The molecule has 0 unspecified atom stereocenters. The van der Waals surface area contributed by atoms with Gasteiger partial charge in [0.1, 0.15) is 5.75 Å². The summed E-state index contributed by atoms with van der Waals surface area (Å²) in [5.74, 6) is -1.52. The molecule has 102 valence electrons. The number of amides is 1. The molecule has 2 N–H and O–H groups in total. The third kappa shape index (κ3) is 2.86. The van der Waals surface area contributed by atoms with Gasteiger partial charge in [0, 0.05) is 18.4 Å². The molecule has 1 aliphatic heterocycles. The molecular weight excluding hydrogens is 246 g/mol. The number of rotatable bonds is 3. The lowest BCUT2D eigenvalue weighted by Gasteiger charge is -2.25. The second-order valence-electron chi connectivity index (χ2n) is 5.29. The van der Waals surface area contributed by atoms with Gasteiger partial charge < -0.3 is 15.2 Å². The molecule has 0 aromatic heterocycles. The van der Waals surface area contributed by atoms with Gasteiger partial charge in [-0.05, 0) is 17.2 Å². The minimum Gasteiger partial charge on any atom is -0.493 e. The molecule has 1 aromatic rings. The first-order valence-corrected chi connectivity index (χ1v) is 6.17. The van der Waals surface area contributed by atoms with Gasteiger partial charge in [0.05, 0.1) is 6.61 Å². The number of benzene rings is 1. The van der Waals surface area contributed by atoms with Crippen molar-refractivity contribution in [3.8, 4) is 5.75 Å². The number of nitrogens with one attached hydrogen (secondary N) is 1. The molecule has 0 saturated heterocycles. The molecule has 5 heteroatoms. The topological polar surface area (TPSA) is 75.6 Å². The molecule has 0 fully saturated rings. The fourth-order valence-corrected chi connectivity index (χ4v) is 2.09. The van der Waals surface area contributed by atoms with Crippen LogP contribution < -0.4 is 10.1 Å². The number of carboxylic acids is 1. The van der Waals surface area contributed by atoms with Crippen LogP contribution in [0, 0.1) is 0 Å². The average molecular weight is 263 g/mol. The van der Waals surface area contributed by atoms with Crippen LogP contribution in [0.15, 0.2) is 18.2 Å². The maximum atomic E-state index is 11.1. The van der Waals surface area contributed by atoms with Gasteiger partial charge in [0.25, 0.3) is 0 Å². The van der Waals surface area contributed by atoms with Crippen LogP contribution in [0.5, 0.6) is 5.75 Å². The lowest BCUT2D eigenvalue weighted by Crippen LogP contribution is -2.39. The highest BCUT2D eigenvalue weighted by atomic mass is 16.5. The molecule has 0 atom stereocenters. The van der Waals surface area contributed by atoms with E-state index in [2.05, 4.69) is 11.4 Å². The molecule has 0 spiro atoms. The standard InChI is InChI=1S/C14H17NO4/c1-14(2,8-15-12(16)13(17)18)10-3-4-11-9(7-10)5-6-19-11/h3-4,7H,5-6,8H2,1-2H3,(H,15,16)(H,17,18). The Morgan fingerprint density at radius 3 is 2.84 bits per heavy atom. The third-order valence-electron chi connectivity index (χ3n) is 3.36. The summed E-state index contributed by atoms with van der Waals surface area (Å²) in [6.07, 6.45) is 0.890. The lowest BCUT2D eigenvalue weighted by atomic mass is 9.83. The van der Waals surface area contributed by atoms with Gasteiger partial charge in [-0.3, -0.25) is 4.79 Å². The Kier molecular flexibility index (Phi) is 3.46. The van der Waals surface area contributed by atoms with Crippen LogP contribution in [0.2, 0.25) is 0 Å². The van der Waals surface area contributed by atoms with Gasteiger partial charge in [-0.15, -0.1) is 0 Å². The van der Waals surface area contributed by atoms with E-state index in [1.807, 2.05) is 26.0 Å². The number of fused-ring (bicyclic) bond motifs is 1. The molecule has 0 aliphatic carbocycles. The van der Waals surface area contributed by atoms with Crippen molar-refractivity contribution in [2.45, 2.75) is 25.7 Å². The Hall–Kier alpha value is -2.04. The summed E-state index contributed by atoms with van der Waals surface area (Å²) in [5.41, 5.74) is 1.89. The number of aliphatic carboxylic acids is 1. The van der Waals surface area contributed by atoms with Crippen molar-refractivity contribution in [3.05, 3.63) is 29.3 Å². The van der Waals surface area contributed by atoms with E-state index in [-0.39, 0.29) is 12.0 Å². The van der Waals surface area contributed by atoms with Gasteiger partial charge in [-0.1, -0.05) is 26.0 Å². The van der Waals surface area contributed by atoms with E-state index in [0.717, 1.165) is 23.3 Å². The molecule has 5 nitrogen and oxygen atoms in total. The SMILES string of the molecule is CC(C)(CNC(=O)C(=O)O)c1ccc2c(c1)CCO2. The van der Waals surface area contributed by atoms with E-state index < -0.39 is 11.9 Å². The largest absolute Gasteiger partial charge is 0.493 e. The maximum absolute atomic E-state index is 11.1. The Morgan fingerprint density at radius 2 is 2.16 bits per heavy atom. The number of carbonyl (C=O) groups excluding carboxylic acids is 1. The molecular formula is C14H17NO4. The van der Waals surface area contributed by atoms with E-state index in [1.165, 1.54) is 0 Å². The highest BCUT2D eigenvalue weighted by molar-refractivity contribution is 6.31. The predicted molar refractivity (Wildman–Crippen MR) is 69.3 cm³/mol. The molecule has 1 aliphatic rings. The fourth-order valence-electron chi connectivity index (χ4n) is 2.09. The highest BCUT2D eigenvalue weighted by Gasteiger charge is 2.25. The second-order valence-corrected chi connectivity index (χ2v) is 5.29. The van der Waals surface area contributed by atoms with E-state index in [9.17, 15) is 9.59 Å². The van der Waals surface area contributed by atoms with Crippen molar-refractivity contribution in [3.63, 3.8) is 0 Å². The molecule has 0 bridgehead atoms. The van der Waals surface area contributed by atoms with Gasteiger partial charge in [0.2, 0.25) is 0 Å². The minimum absolute atomic E-state index is 0.276. The first-order valence-electron chi connectivity index (χ1n) is 6.17. The predicted octanol–water partition coefficient (Wildman–Crippen LogP) is 1.10. The summed E-state index contributed by atoms with van der Waals surface area (Å²) in [4.78, 5) is 21.6. The zero-order chi connectivity index (χ0) is 14.0. The minimum atomic E-state index is -1.46. The number of ether oxygens (including phenoxy) is 1. The lowest BCUT2D eigenvalue weighted by molar-refractivity contribution is -0.150. The van der Waals surface area contributed by atoms with E-state index in [0.29, 0.717) is 6.61 Å². The molecule has 2 rings (SSSR count). The number of carbonyl (C=O) groups is 2. The smallest absolute Gasteiger partial charge is 0.394 e. The van der Waals surface area contributed by atoms with Gasteiger partial charge >= 0.3 is 11.9 Å². The molecule has 0 saturated carbocycles. The zero-order valence-electron chi connectivity index (χ0n) is 11.0. The van der Waals surface area contributed by atoms with Gasteiger partial charge in [0.15, 0.2) is 0 Å². The summed E-state index contributed by atoms with van der Waals surface area (Å²) in [6, 6.07) is 5.95. The Bertz CT molecular complexity index is 522. The van der Waals surface area contributed by atoms with Crippen molar-refractivity contribution in [1.82, 2.24) is 5.32 Å². The second kappa shape index (κ2) is 4.91. The number of hydrogen-bond donors (Lipinski definition) is 2. The summed E-state index contributed by atoms with van der Waals surface area (Å²) in [7, 11) is 0. The number of carboxylic acid groups (broad SMARTS) is 1. The number of hydrogen-bond acceptors (Lipinski definition) is 3. The Labute approximate surface area is 111 Å². The molecule has 1 heterocycles. The van der Waals surface area contributed by atoms with E-state index in [4.69, 9.17) is 9.84 Å². The van der Waals surface area contributed by atoms with Gasteiger partial charge in [-0.2, -0.15) is 0 Å². The van der Waals surface area contributed by atoms with Crippen LogP contribution in [0.1, 0.15) is 25.0 Å². The van der Waals surface area contributed by atoms with Crippen LogP contribution in [0.25, 0.3) is 0 Å². The van der Waals surface area contributed by atoms with Crippen molar-refractivity contribution in [2.24, 2.45) is 0 Å². The van der Waals surface area contributed by atoms with E-state index in [1.54, 1.807) is 0 Å². The van der Waals surface area contributed by atoms with Crippen LogP contribution >= 0.6 is 0 Å². The van der Waals surface area contributed by atoms with Crippen molar-refractivity contribution < 1.29 is 19.4 Å². The van der Waals surface area contributed by atoms with Crippen molar-refractivity contribution in [1.29, 1.82) is 0 Å². The maximum Gasteiger partial charge on any atom is 0.394 e. The normalized spacial score (nSPS) is 13.6. The zero-order valence-corrected chi connectivity index (χ0v) is 11.0. The first kappa shape index (κ1) is 13.4. The molecule has 0 radical (unpaired) electrons. The quantitative estimate of drug-likeness (QED) is 0.801. The third-order valence-corrected chi connectivity index (χ3v) is 3.36. The summed E-state index contributed by atoms with van der Waals surface area (Å²) in [5, 5.41) is 11.0. The van der Waals surface area contributed by atoms with Crippen LogP contribution in [-0.4, -0.2) is 30.1 Å². The Balaban J connectivity index is 2.11. The van der Waals surface area contributed by atoms with Crippen LogP contribution in [0.3, 0.4) is 0 Å². The first-order chi connectivity index (χ1) is 8.90. The van der Waals surface area contributed by atoms with Crippen molar-refractivity contribution in [2.75, 3.05) is 13.2 Å². The van der Waals surface area contributed by atoms with Crippen molar-refractivity contribution >= 4 is 11.9 Å². The highest BCUT2D eigenvalue weighted by Crippen LogP contribution is 2.31. The van der Waals surface area contributed by atoms with E-state index >= 15 is 0 Å². The monoisotopic (exact) mass is 263 g/mol. The van der Waals surface area contributed by atoms with Gasteiger partial charge in [-0.25, -0.2) is 4.79 Å². The average Bonchev–Trinajstić information content (AvgIpc) is 2.82. The summed E-state index contributed by atoms with van der Waals surface area (Å²) in [6.45, 7) is 4.91. The molecule has 1 amide bonds. The molecule has 19 heavy (non-hydrogen) atoms. The summed E-state index contributed by atoms with van der Waals surface area (Å²) >= 11 is 0.